The van der Waals surface area contributed by atoms with Crippen molar-refractivity contribution in [1.29, 1.82) is 0 Å². The smallest absolute Gasteiger partial charge is 0.160 e. The molecule has 4 heteroatoms. The molecule has 0 spiro atoms. The molecule has 0 aliphatic carbocycles. The number of rotatable bonds is 2. The van der Waals surface area contributed by atoms with E-state index in [2.05, 4.69) is 25.9 Å². The van der Waals surface area contributed by atoms with Gasteiger partial charge in [0, 0.05) is 21.8 Å². The first-order chi connectivity index (χ1) is 11.3. The van der Waals surface area contributed by atoms with E-state index in [0.29, 0.717) is 5.82 Å². The lowest BCUT2D eigenvalue weighted by molar-refractivity contribution is 1.20. The number of hydrogen-bond donors (Lipinski definition) is 0. The molecule has 0 saturated heterocycles. The molecule has 0 atom stereocenters. The summed E-state index contributed by atoms with van der Waals surface area (Å²) in [6.07, 6.45) is 1.78. The fourth-order valence-electron chi connectivity index (χ4n) is 2.51. The molecule has 0 N–H and O–H groups in total. The molecule has 0 aliphatic heterocycles. The summed E-state index contributed by atoms with van der Waals surface area (Å²) < 4.78 is 0.904. The van der Waals surface area contributed by atoms with Crippen molar-refractivity contribution in [2.24, 2.45) is 0 Å². The second-order valence-electron chi connectivity index (χ2n) is 5.15. The Morgan fingerprint density at radius 1 is 0.739 bits per heavy atom. The fourth-order valence-corrected chi connectivity index (χ4v) is 2.83. The summed E-state index contributed by atoms with van der Waals surface area (Å²) in [6, 6.07) is 22.1. The molecule has 0 bridgehead atoms. The maximum absolute atomic E-state index is 4.78. The van der Waals surface area contributed by atoms with E-state index in [1.165, 1.54) is 0 Å². The average Bonchev–Trinajstić information content (AvgIpc) is 2.62. The van der Waals surface area contributed by atoms with Gasteiger partial charge in [-0.05, 0) is 22.0 Å². The minimum absolute atomic E-state index is 0.705. The van der Waals surface area contributed by atoms with E-state index in [1.807, 2.05) is 66.7 Å². The summed E-state index contributed by atoms with van der Waals surface area (Å²) in [4.78, 5) is 14.0. The molecule has 0 radical (unpaired) electrons. The van der Waals surface area contributed by atoms with Crippen molar-refractivity contribution in [2.45, 2.75) is 0 Å². The van der Waals surface area contributed by atoms with Crippen LogP contribution in [0.1, 0.15) is 0 Å². The second kappa shape index (κ2) is 5.89. The quantitative estimate of drug-likeness (QED) is 0.497. The first-order valence-corrected chi connectivity index (χ1v) is 8.05. The van der Waals surface area contributed by atoms with Gasteiger partial charge in [-0.15, -0.1) is 0 Å². The number of nitrogens with zero attached hydrogens (tertiary/aromatic N) is 3. The molecule has 2 aromatic carbocycles. The zero-order valence-electron chi connectivity index (χ0n) is 12.1. The van der Waals surface area contributed by atoms with E-state index < -0.39 is 0 Å². The van der Waals surface area contributed by atoms with Crippen LogP contribution in [0, 0.1) is 0 Å². The normalized spacial score (nSPS) is 10.8. The Kier molecular flexibility index (Phi) is 3.60. The van der Waals surface area contributed by atoms with Crippen LogP contribution >= 0.6 is 15.9 Å². The van der Waals surface area contributed by atoms with Crippen LogP contribution in [0.15, 0.2) is 77.4 Å². The van der Waals surface area contributed by atoms with Crippen molar-refractivity contribution >= 4 is 27.0 Å². The highest BCUT2D eigenvalue weighted by Gasteiger charge is 2.12. The Balaban J connectivity index is 2.03. The van der Waals surface area contributed by atoms with Gasteiger partial charge in [-0.3, -0.25) is 4.98 Å². The first kappa shape index (κ1) is 14.0. The Hall–Kier alpha value is -2.59. The second-order valence-corrected chi connectivity index (χ2v) is 6.06. The van der Waals surface area contributed by atoms with Crippen molar-refractivity contribution in [3.8, 4) is 22.6 Å². The highest BCUT2D eigenvalue weighted by molar-refractivity contribution is 9.10. The molecular formula is C19H12BrN3. The topological polar surface area (TPSA) is 38.7 Å². The highest BCUT2D eigenvalue weighted by Crippen LogP contribution is 2.28. The van der Waals surface area contributed by atoms with Crippen molar-refractivity contribution in [1.82, 2.24) is 15.0 Å². The van der Waals surface area contributed by atoms with Gasteiger partial charge in [0.2, 0.25) is 0 Å². The van der Waals surface area contributed by atoms with Gasteiger partial charge in [0.05, 0.1) is 5.52 Å². The van der Waals surface area contributed by atoms with Crippen molar-refractivity contribution in [3.05, 3.63) is 77.4 Å². The van der Waals surface area contributed by atoms with E-state index in [1.54, 1.807) is 6.20 Å². The Morgan fingerprint density at radius 3 is 2.09 bits per heavy atom. The monoisotopic (exact) mass is 361 g/mol. The fraction of sp³-hybridized carbons (Fsp3) is 0. The van der Waals surface area contributed by atoms with Gasteiger partial charge in [-0.2, -0.15) is 0 Å². The third-order valence-electron chi connectivity index (χ3n) is 3.58. The largest absolute Gasteiger partial charge is 0.251 e. The molecule has 0 saturated carbocycles. The summed E-state index contributed by atoms with van der Waals surface area (Å²) in [5, 5.41) is 0. The third kappa shape index (κ3) is 2.73. The van der Waals surface area contributed by atoms with E-state index in [4.69, 9.17) is 4.98 Å². The molecule has 4 aromatic rings. The van der Waals surface area contributed by atoms with Crippen LogP contribution in [-0.4, -0.2) is 15.0 Å². The summed E-state index contributed by atoms with van der Waals surface area (Å²) in [5.41, 5.74) is 4.51. The highest BCUT2D eigenvalue weighted by atomic mass is 79.9. The Morgan fingerprint density at radius 2 is 1.39 bits per heavy atom. The number of pyridine rings is 1. The molecular weight excluding hydrogens is 350 g/mol. The van der Waals surface area contributed by atoms with E-state index >= 15 is 0 Å². The van der Waals surface area contributed by atoms with Crippen molar-refractivity contribution in [3.63, 3.8) is 0 Å². The van der Waals surface area contributed by atoms with Gasteiger partial charge in [0.15, 0.2) is 5.82 Å². The van der Waals surface area contributed by atoms with Crippen molar-refractivity contribution in [2.75, 3.05) is 0 Å². The molecule has 0 unspecified atom stereocenters. The van der Waals surface area contributed by atoms with Crippen molar-refractivity contribution < 1.29 is 0 Å². The Labute approximate surface area is 142 Å². The van der Waals surface area contributed by atoms with Crippen LogP contribution in [0.2, 0.25) is 0 Å². The molecule has 110 valence electrons. The predicted molar refractivity (Wildman–Crippen MR) is 95.9 cm³/mol. The SMILES string of the molecule is Brc1cnc2c(-c3ccccc3)nc(-c3ccccc3)nc2c1. The molecule has 0 aliphatic rings. The van der Waals surface area contributed by atoms with Crippen LogP contribution in [-0.2, 0) is 0 Å². The summed E-state index contributed by atoms with van der Waals surface area (Å²) in [5.74, 6) is 0.705. The molecule has 0 amide bonds. The molecule has 4 rings (SSSR count). The van der Waals surface area contributed by atoms with Gasteiger partial charge in [0.25, 0.3) is 0 Å². The standard InChI is InChI=1S/C19H12BrN3/c20-15-11-16-18(21-12-15)17(13-7-3-1-4-8-13)23-19(22-16)14-9-5-2-6-10-14/h1-12H. The number of halogens is 1. The van der Waals surface area contributed by atoms with E-state index in [0.717, 1.165) is 32.3 Å². The Bertz CT molecular complexity index is 970. The lowest BCUT2D eigenvalue weighted by atomic mass is 10.1. The molecule has 2 aromatic heterocycles. The van der Waals surface area contributed by atoms with Gasteiger partial charge in [-0.25, -0.2) is 9.97 Å². The minimum Gasteiger partial charge on any atom is -0.251 e. The lowest BCUT2D eigenvalue weighted by Gasteiger charge is -2.08. The zero-order valence-corrected chi connectivity index (χ0v) is 13.7. The number of hydrogen-bond acceptors (Lipinski definition) is 3. The van der Waals surface area contributed by atoms with Gasteiger partial charge < -0.3 is 0 Å². The van der Waals surface area contributed by atoms with Crippen LogP contribution in [0.25, 0.3) is 33.7 Å². The molecule has 0 fully saturated rings. The van der Waals surface area contributed by atoms with Crippen LogP contribution in [0.5, 0.6) is 0 Å². The van der Waals surface area contributed by atoms with E-state index in [9.17, 15) is 0 Å². The average molecular weight is 362 g/mol. The molecule has 2 heterocycles. The number of benzene rings is 2. The third-order valence-corrected chi connectivity index (χ3v) is 4.02. The van der Waals surface area contributed by atoms with Crippen LogP contribution in [0.3, 0.4) is 0 Å². The number of aromatic nitrogens is 3. The minimum atomic E-state index is 0.705. The number of fused-ring (bicyclic) bond motifs is 1. The van der Waals surface area contributed by atoms with Gasteiger partial charge >= 0.3 is 0 Å². The predicted octanol–water partition coefficient (Wildman–Crippen LogP) is 5.12. The molecule has 23 heavy (non-hydrogen) atoms. The molecule has 3 nitrogen and oxygen atoms in total. The van der Waals surface area contributed by atoms with Crippen LogP contribution < -0.4 is 0 Å². The zero-order chi connectivity index (χ0) is 15.6. The lowest BCUT2D eigenvalue weighted by Crippen LogP contribution is -1.96. The van der Waals surface area contributed by atoms with Gasteiger partial charge in [-0.1, -0.05) is 60.7 Å². The maximum atomic E-state index is 4.78. The van der Waals surface area contributed by atoms with E-state index in [-0.39, 0.29) is 0 Å². The summed E-state index contributed by atoms with van der Waals surface area (Å²) in [7, 11) is 0. The summed E-state index contributed by atoms with van der Waals surface area (Å²) in [6.45, 7) is 0. The maximum Gasteiger partial charge on any atom is 0.160 e. The van der Waals surface area contributed by atoms with Gasteiger partial charge in [0.1, 0.15) is 11.2 Å². The summed E-state index contributed by atoms with van der Waals surface area (Å²) >= 11 is 3.47. The van der Waals surface area contributed by atoms with Crippen LogP contribution in [0.4, 0.5) is 0 Å². The first-order valence-electron chi connectivity index (χ1n) is 7.25.